The summed E-state index contributed by atoms with van der Waals surface area (Å²) in [6, 6.07) is 2.60. The maximum Gasteiger partial charge on any atom is 0.245 e. The smallest absolute Gasteiger partial charge is 0.245 e. The van der Waals surface area contributed by atoms with Crippen molar-refractivity contribution in [3.05, 3.63) is 17.0 Å². The predicted octanol–water partition coefficient (Wildman–Crippen LogP) is 1.64. The number of aromatic nitrogens is 3. The van der Waals surface area contributed by atoms with Gasteiger partial charge in [0.1, 0.15) is 0 Å². The fourth-order valence-corrected chi connectivity index (χ4v) is 3.09. The first kappa shape index (κ1) is 11.7. The fourth-order valence-electron chi connectivity index (χ4n) is 2.23. The number of hydrogen-bond acceptors (Lipinski definition) is 5. The van der Waals surface area contributed by atoms with Gasteiger partial charge in [-0.05, 0) is 30.9 Å². The Hall–Kier alpha value is -1.40. The second-order valence-electron chi connectivity index (χ2n) is 4.72. The summed E-state index contributed by atoms with van der Waals surface area (Å²) in [6.45, 7) is 7.19. The van der Waals surface area contributed by atoms with Gasteiger partial charge in [-0.1, -0.05) is 0 Å². The molecule has 1 aliphatic heterocycles. The standard InChI is InChI=1S/C12H17N5S/c1-8-3-6-18-10(8)11-14-12(16-15-11)17-5-4-13-9(2)7-17/h3,6,9,13H,4-5,7H2,1-2H3,(H,14,15,16)/t9-/m1/s1. The molecular weight excluding hydrogens is 246 g/mol. The maximum atomic E-state index is 4.61. The number of aryl methyl sites for hydroxylation is 1. The molecule has 6 heteroatoms. The van der Waals surface area contributed by atoms with Gasteiger partial charge in [0.15, 0.2) is 5.82 Å². The minimum Gasteiger partial charge on any atom is -0.337 e. The van der Waals surface area contributed by atoms with Crippen molar-refractivity contribution in [1.82, 2.24) is 20.5 Å². The van der Waals surface area contributed by atoms with Crippen LogP contribution >= 0.6 is 11.3 Å². The Bertz CT molecular complexity index is 532. The van der Waals surface area contributed by atoms with Gasteiger partial charge in [-0.3, -0.25) is 5.10 Å². The van der Waals surface area contributed by atoms with Crippen molar-refractivity contribution in [3.8, 4) is 10.7 Å². The van der Waals surface area contributed by atoms with Crippen molar-refractivity contribution < 1.29 is 0 Å². The van der Waals surface area contributed by atoms with Gasteiger partial charge in [0, 0.05) is 25.7 Å². The lowest BCUT2D eigenvalue weighted by molar-refractivity contribution is 0.480. The molecule has 1 fully saturated rings. The van der Waals surface area contributed by atoms with Crippen molar-refractivity contribution in [2.24, 2.45) is 0 Å². The number of rotatable bonds is 2. The van der Waals surface area contributed by atoms with E-state index in [0.29, 0.717) is 6.04 Å². The molecule has 0 saturated carbocycles. The molecule has 2 N–H and O–H groups in total. The highest BCUT2D eigenvalue weighted by Crippen LogP contribution is 2.27. The van der Waals surface area contributed by atoms with Gasteiger partial charge < -0.3 is 10.2 Å². The van der Waals surface area contributed by atoms with E-state index in [2.05, 4.69) is 50.7 Å². The van der Waals surface area contributed by atoms with E-state index in [1.165, 1.54) is 10.4 Å². The zero-order valence-electron chi connectivity index (χ0n) is 10.6. The molecule has 96 valence electrons. The van der Waals surface area contributed by atoms with Gasteiger partial charge in [-0.15, -0.1) is 16.4 Å². The summed E-state index contributed by atoms with van der Waals surface area (Å²) in [5.74, 6) is 1.69. The monoisotopic (exact) mass is 263 g/mol. The largest absolute Gasteiger partial charge is 0.337 e. The number of thiophene rings is 1. The molecule has 0 bridgehead atoms. The van der Waals surface area contributed by atoms with Crippen LogP contribution in [0, 0.1) is 6.92 Å². The fraction of sp³-hybridized carbons (Fsp3) is 0.500. The SMILES string of the molecule is Cc1ccsc1-c1nc(N2CCN[C@H](C)C2)n[nH]1. The van der Waals surface area contributed by atoms with E-state index in [-0.39, 0.29) is 0 Å². The van der Waals surface area contributed by atoms with Crippen LogP contribution in [0.3, 0.4) is 0 Å². The van der Waals surface area contributed by atoms with E-state index < -0.39 is 0 Å². The van der Waals surface area contributed by atoms with E-state index in [4.69, 9.17) is 0 Å². The third-order valence-electron chi connectivity index (χ3n) is 3.20. The molecule has 0 radical (unpaired) electrons. The first-order chi connectivity index (χ1) is 8.74. The first-order valence-corrected chi connectivity index (χ1v) is 7.07. The third kappa shape index (κ3) is 2.13. The summed E-state index contributed by atoms with van der Waals surface area (Å²) in [7, 11) is 0. The van der Waals surface area contributed by atoms with E-state index in [1.54, 1.807) is 11.3 Å². The van der Waals surface area contributed by atoms with Crippen molar-refractivity contribution in [1.29, 1.82) is 0 Å². The van der Waals surface area contributed by atoms with Crippen LogP contribution in [-0.2, 0) is 0 Å². The minimum absolute atomic E-state index is 0.490. The van der Waals surface area contributed by atoms with Crippen molar-refractivity contribution in [2.75, 3.05) is 24.5 Å². The summed E-state index contributed by atoms with van der Waals surface area (Å²) in [5.41, 5.74) is 1.25. The molecule has 0 aliphatic carbocycles. The third-order valence-corrected chi connectivity index (χ3v) is 4.23. The first-order valence-electron chi connectivity index (χ1n) is 6.19. The van der Waals surface area contributed by atoms with E-state index in [1.807, 2.05) is 0 Å². The van der Waals surface area contributed by atoms with E-state index in [9.17, 15) is 0 Å². The number of piperazine rings is 1. The molecule has 1 saturated heterocycles. The van der Waals surface area contributed by atoms with Gasteiger partial charge in [-0.25, -0.2) is 0 Å². The van der Waals surface area contributed by atoms with Crippen LogP contribution in [0.25, 0.3) is 10.7 Å². The Morgan fingerprint density at radius 3 is 3.11 bits per heavy atom. The van der Waals surface area contributed by atoms with Gasteiger partial charge >= 0.3 is 0 Å². The van der Waals surface area contributed by atoms with Crippen LogP contribution in [-0.4, -0.2) is 40.9 Å². The molecule has 3 heterocycles. The van der Waals surface area contributed by atoms with Crippen LogP contribution in [0.4, 0.5) is 5.95 Å². The second kappa shape index (κ2) is 4.70. The lowest BCUT2D eigenvalue weighted by Crippen LogP contribution is -2.49. The average Bonchev–Trinajstić information content (AvgIpc) is 2.97. The predicted molar refractivity (Wildman–Crippen MR) is 74.1 cm³/mol. The van der Waals surface area contributed by atoms with Crippen LogP contribution < -0.4 is 10.2 Å². The molecule has 1 aliphatic rings. The van der Waals surface area contributed by atoms with Gasteiger partial charge in [0.05, 0.1) is 4.88 Å². The van der Waals surface area contributed by atoms with Gasteiger partial charge in [0.25, 0.3) is 0 Å². The highest BCUT2D eigenvalue weighted by atomic mass is 32.1. The number of anilines is 1. The number of nitrogens with one attached hydrogen (secondary N) is 2. The van der Waals surface area contributed by atoms with Crippen LogP contribution in [0.2, 0.25) is 0 Å². The summed E-state index contributed by atoms with van der Waals surface area (Å²) >= 11 is 1.70. The number of aromatic amines is 1. The molecule has 0 unspecified atom stereocenters. The van der Waals surface area contributed by atoms with Crippen molar-refractivity contribution >= 4 is 17.3 Å². The van der Waals surface area contributed by atoms with Crippen molar-refractivity contribution in [2.45, 2.75) is 19.9 Å². The Morgan fingerprint density at radius 2 is 2.39 bits per heavy atom. The average molecular weight is 263 g/mol. The van der Waals surface area contributed by atoms with E-state index in [0.717, 1.165) is 31.4 Å². The Labute approximate surface area is 110 Å². The molecule has 18 heavy (non-hydrogen) atoms. The van der Waals surface area contributed by atoms with Crippen LogP contribution in [0.1, 0.15) is 12.5 Å². The van der Waals surface area contributed by atoms with Gasteiger partial charge in [0.2, 0.25) is 5.95 Å². The summed E-state index contributed by atoms with van der Waals surface area (Å²) in [4.78, 5) is 8.02. The number of nitrogens with zero attached hydrogens (tertiary/aromatic N) is 3. The Morgan fingerprint density at radius 1 is 1.50 bits per heavy atom. The lowest BCUT2D eigenvalue weighted by atomic mass is 10.2. The van der Waals surface area contributed by atoms with Gasteiger partial charge in [-0.2, -0.15) is 4.98 Å². The summed E-state index contributed by atoms with van der Waals surface area (Å²) in [6.07, 6.45) is 0. The minimum atomic E-state index is 0.490. The highest BCUT2D eigenvalue weighted by molar-refractivity contribution is 7.13. The highest BCUT2D eigenvalue weighted by Gasteiger charge is 2.20. The molecule has 3 rings (SSSR count). The molecular formula is C12H17N5S. The molecule has 5 nitrogen and oxygen atoms in total. The molecule has 1 atom stereocenters. The summed E-state index contributed by atoms with van der Waals surface area (Å²) < 4.78 is 0. The molecule has 0 aromatic carbocycles. The zero-order valence-corrected chi connectivity index (χ0v) is 11.4. The molecule has 2 aromatic rings. The Kier molecular flexibility index (Phi) is 3.05. The topological polar surface area (TPSA) is 56.8 Å². The normalized spacial score (nSPS) is 20.3. The number of H-pyrrole nitrogens is 1. The van der Waals surface area contributed by atoms with Crippen LogP contribution in [0.5, 0.6) is 0 Å². The van der Waals surface area contributed by atoms with Crippen molar-refractivity contribution in [3.63, 3.8) is 0 Å². The molecule has 0 amide bonds. The molecule has 0 spiro atoms. The van der Waals surface area contributed by atoms with E-state index >= 15 is 0 Å². The number of hydrogen-bond donors (Lipinski definition) is 2. The van der Waals surface area contributed by atoms with Crippen LogP contribution in [0.15, 0.2) is 11.4 Å². The quantitative estimate of drug-likeness (QED) is 0.865. The lowest BCUT2D eigenvalue weighted by Gasteiger charge is -2.30. The zero-order chi connectivity index (χ0) is 12.5. The molecule has 2 aromatic heterocycles. The maximum absolute atomic E-state index is 4.61. The Balaban J connectivity index is 1.83. The second-order valence-corrected chi connectivity index (χ2v) is 5.63. The summed E-state index contributed by atoms with van der Waals surface area (Å²) in [5, 5.41) is 12.9.